The predicted molar refractivity (Wildman–Crippen MR) is 58.2 cm³/mol. The van der Waals surface area contributed by atoms with E-state index in [0.29, 0.717) is 6.42 Å². The lowest BCUT2D eigenvalue weighted by Crippen LogP contribution is -2.29. The largest absolute Gasteiger partial charge is 0.388 e. The molecule has 2 rings (SSSR count). The molecular weight excluding hydrogens is 248 g/mol. The third-order valence-electron chi connectivity index (χ3n) is 3.42. The van der Waals surface area contributed by atoms with Gasteiger partial charge in [0, 0.05) is 18.4 Å². The minimum absolute atomic E-state index is 0.206. The zero-order chi connectivity index (χ0) is 13.3. The molecule has 1 aromatic carbocycles. The second kappa shape index (κ2) is 4.88. The van der Waals surface area contributed by atoms with Gasteiger partial charge in [0.05, 0.1) is 6.10 Å². The molecule has 1 aliphatic rings. The van der Waals surface area contributed by atoms with Crippen molar-refractivity contribution in [2.75, 3.05) is 0 Å². The van der Waals surface area contributed by atoms with Gasteiger partial charge >= 0.3 is 0 Å². The summed E-state index contributed by atoms with van der Waals surface area (Å²) in [5, 5.41) is 9.94. The second-order valence-corrected chi connectivity index (χ2v) is 4.80. The van der Waals surface area contributed by atoms with Crippen LogP contribution in [0.4, 0.5) is 17.6 Å². The first-order valence-electron chi connectivity index (χ1n) is 5.90. The highest BCUT2D eigenvalue weighted by Crippen LogP contribution is 2.42. The molecular formula is C13H14F4O. The summed E-state index contributed by atoms with van der Waals surface area (Å²) in [6, 6.07) is 3.43. The SMILES string of the molecule is OC(c1cccc(F)c1F)C1CCCC(F)(F)C1. The van der Waals surface area contributed by atoms with Crippen LogP contribution in [0.1, 0.15) is 37.4 Å². The van der Waals surface area contributed by atoms with Crippen LogP contribution in [0, 0.1) is 17.6 Å². The molecule has 1 fully saturated rings. The average molecular weight is 262 g/mol. The van der Waals surface area contributed by atoms with Crippen LogP contribution in [0.15, 0.2) is 18.2 Å². The molecule has 0 amide bonds. The highest BCUT2D eigenvalue weighted by molar-refractivity contribution is 5.22. The molecule has 18 heavy (non-hydrogen) atoms. The van der Waals surface area contributed by atoms with Crippen molar-refractivity contribution >= 4 is 0 Å². The number of aliphatic hydroxyl groups excluding tert-OH is 1. The molecule has 2 unspecified atom stereocenters. The van der Waals surface area contributed by atoms with Gasteiger partial charge in [-0.15, -0.1) is 0 Å². The Bertz CT molecular complexity index is 433. The van der Waals surface area contributed by atoms with Gasteiger partial charge in [-0.2, -0.15) is 0 Å². The number of benzene rings is 1. The summed E-state index contributed by atoms with van der Waals surface area (Å²) in [4.78, 5) is 0. The Morgan fingerprint density at radius 3 is 2.67 bits per heavy atom. The number of alkyl halides is 2. The van der Waals surface area contributed by atoms with Crippen LogP contribution in [-0.4, -0.2) is 11.0 Å². The van der Waals surface area contributed by atoms with Gasteiger partial charge in [0.25, 0.3) is 0 Å². The third kappa shape index (κ3) is 2.66. The van der Waals surface area contributed by atoms with Crippen molar-refractivity contribution in [2.45, 2.75) is 37.7 Å². The minimum Gasteiger partial charge on any atom is -0.388 e. The molecule has 0 saturated heterocycles. The molecule has 2 atom stereocenters. The zero-order valence-electron chi connectivity index (χ0n) is 9.67. The van der Waals surface area contributed by atoms with Crippen LogP contribution >= 0.6 is 0 Å². The molecule has 1 N–H and O–H groups in total. The Balaban J connectivity index is 2.20. The fourth-order valence-corrected chi connectivity index (χ4v) is 2.48. The van der Waals surface area contributed by atoms with Crippen molar-refractivity contribution in [3.05, 3.63) is 35.4 Å². The van der Waals surface area contributed by atoms with Crippen LogP contribution < -0.4 is 0 Å². The molecule has 0 heterocycles. The Kier molecular flexibility index (Phi) is 3.61. The lowest BCUT2D eigenvalue weighted by Gasteiger charge is -2.32. The number of aliphatic hydroxyl groups is 1. The lowest BCUT2D eigenvalue weighted by molar-refractivity contribution is -0.0766. The summed E-state index contributed by atoms with van der Waals surface area (Å²) < 4.78 is 53.0. The second-order valence-electron chi connectivity index (χ2n) is 4.80. The van der Waals surface area contributed by atoms with E-state index in [1.165, 1.54) is 12.1 Å². The molecule has 0 aliphatic heterocycles. The Hall–Kier alpha value is -1.10. The van der Waals surface area contributed by atoms with Crippen LogP contribution in [0.25, 0.3) is 0 Å². The number of halogens is 4. The molecule has 1 saturated carbocycles. The minimum atomic E-state index is -2.83. The maximum atomic E-state index is 13.5. The van der Waals surface area contributed by atoms with E-state index in [2.05, 4.69) is 0 Å². The van der Waals surface area contributed by atoms with Crippen molar-refractivity contribution in [1.29, 1.82) is 0 Å². The molecule has 1 nitrogen and oxygen atoms in total. The maximum Gasteiger partial charge on any atom is 0.248 e. The van der Waals surface area contributed by atoms with E-state index in [0.717, 1.165) is 6.07 Å². The van der Waals surface area contributed by atoms with Gasteiger partial charge in [0.2, 0.25) is 5.92 Å². The summed E-state index contributed by atoms with van der Waals surface area (Å²) in [7, 11) is 0. The molecule has 0 bridgehead atoms. The molecule has 5 heteroatoms. The number of hydrogen-bond donors (Lipinski definition) is 1. The molecule has 0 spiro atoms. The summed E-state index contributed by atoms with van der Waals surface area (Å²) >= 11 is 0. The summed E-state index contributed by atoms with van der Waals surface area (Å²) in [5.74, 6) is -5.79. The van der Waals surface area contributed by atoms with Gasteiger partial charge in [0.1, 0.15) is 0 Å². The van der Waals surface area contributed by atoms with Crippen LogP contribution in [0.5, 0.6) is 0 Å². The van der Waals surface area contributed by atoms with Gasteiger partial charge in [-0.05, 0) is 24.8 Å². The third-order valence-corrected chi connectivity index (χ3v) is 3.42. The van der Waals surface area contributed by atoms with E-state index in [4.69, 9.17) is 0 Å². The van der Waals surface area contributed by atoms with Crippen molar-refractivity contribution < 1.29 is 22.7 Å². The Morgan fingerprint density at radius 1 is 1.28 bits per heavy atom. The highest BCUT2D eigenvalue weighted by atomic mass is 19.3. The van der Waals surface area contributed by atoms with E-state index in [1.807, 2.05) is 0 Å². The van der Waals surface area contributed by atoms with Gasteiger partial charge in [-0.1, -0.05) is 12.1 Å². The monoisotopic (exact) mass is 262 g/mol. The van der Waals surface area contributed by atoms with E-state index in [1.54, 1.807) is 0 Å². The first-order chi connectivity index (χ1) is 8.41. The summed E-state index contributed by atoms with van der Waals surface area (Å²) in [5.41, 5.74) is -0.238. The fraction of sp³-hybridized carbons (Fsp3) is 0.538. The topological polar surface area (TPSA) is 20.2 Å². The normalized spacial score (nSPS) is 24.8. The van der Waals surface area contributed by atoms with Crippen molar-refractivity contribution in [2.24, 2.45) is 5.92 Å². The van der Waals surface area contributed by atoms with Gasteiger partial charge in [-0.25, -0.2) is 17.6 Å². The van der Waals surface area contributed by atoms with Crippen LogP contribution in [0.3, 0.4) is 0 Å². The van der Waals surface area contributed by atoms with Crippen molar-refractivity contribution in [3.8, 4) is 0 Å². The fourth-order valence-electron chi connectivity index (χ4n) is 2.48. The molecule has 1 aliphatic carbocycles. The van der Waals surface area contributed by atoms with Gasteiger partial charge in [0.15, 0.2) is 11.6 Å². The maximum absolute atomic E-state index is 13.5. The quantitative estimate of drug-likeness (QED) is 0.803. The van der Waals surface area contributed by atoms with Crippen molar-refractivity contribution in [1.82, 2.24) is 0 Å². The molecule has 1 aromatic rings. The summed E-state index contributed by atoms with van der Waals surface area (Å²) in [6.07, 6.45) is -1.39. The number of hydrogen-bond acceptors (Lipinski definition) is 1. The Labute approximate surface area is 102 Å². The smallest absolute Gasteiger partial charge is 0.248 e. The summed E-state index contributed by atoms with van der Waals surface area (Å²) in [6.45, 7) is 0. The van der Waals surface area contributed by atoms with E-state index < -0.39 is 36.0 Å². The van der Waals surface area contributed by atoms with Crippen LogP contribution in [-0.2, 0) is 0 Å². The Morgan fingerprint density at radius 2 is 2.00 bits per heavy atom. The molecule has 100 valence electrons. The predicted octanol–water partition coefficient (Wildman–Crippen LogP) is 3.82. The van der Waals surface area contributed by atoms with E-state index in [9.17, 15) is 22.7 Å². The lowest BCUT2D eigenvalue weighted by atomic mass is 9.80. The molecule has 0 aromatic heterocycles. The average Bonchev–Trinajstić information content (AvgIpc) is 2.30. The van der Waals surface area contributed by atoms with Gasteiger partial charge < -0.3 is 5.11 Å². The van der Waals surface area contributed by atoms with E-state index >= 15 is 0 Å². The van der Waals surface area contributed by atoms with Crippen molar-refractivity contribution in [3.63, 3.8) is 0 Å². The van der Waals surface area contributed by atoms with Crippen LogP contribution in [0.2, 0.25) is 0 Å². The zero-order valence-corrected chi connectivity index (χ0v) is 9.67. The standard InChI is InChI=1S/C13H14F4O/c14-10-5-1-4-9(11(10)15)12(18)8-3-2-6-13(16,17)7-8/h1,4-5,8,12,18H,2-3,6-7H2. The number of rotatable bonds is 2. The van der Waals surface area contributed by atoms with Gasteiger partial charge in [-0.3, -0.25) is 0 Å². The highest BCUT2D eigenvalue weighted by Gasteiger charge is 2.39. The first kappa shape index (κ1) is 13.3. The van der Waals surface area contributed by atoms with E-state index in [-0.39, 0.29) is 18.4 Å². The first-order valence-corrected chi connectivity index (χ1v) is 5.90. The molecule has 0 radical (unpaired) electrons.